The van der Waals surface area contributed by atoms with E-state index in [1.165, 1.54) is 11.8 Å². The molecule has 4 heteroatoms. The number of fused-ring (bicyclic) bond motifs is 1. The van der Waals surface area contributed by atoms with Gasteiger partial charge < -0.3 is 4.74 Å². The van der Waals surface area contributed by atoms with Crippen LogP contribution in [0.3, 0.4) is 0 Å². The number of thioether (sulfide) groups is 1. The molecule has 110 valence electrons. The Labute approximate surface area is 133 Å². The lowest BCUT2D eigenvalue weighted by molar-refractivity contribution is 0.101. The van der Waals surface area contributed by atoms with Gasteiger partial charge in [0.25, 0.3) is 0 Å². The summed E-state index contributed by atoms with van der Waals surface area (Å²) in [7, 11) is 1.58. The summed E-state index contributed by atoms with van der Waals surface area (Å²) in [6.45, 7) is 0. The minimum atomic E-state index is 0.0513. The number of carbonyl (C=O) groups excluding carboxylic acids is 1. The number of aromatic nitrogens is 1. The van der Waals surface area contributed by atoms with E-state index in [0.717, 1.165) is 15.8 Å². The molecule has 3 nitrogen and oxygen atoms in total. The highest BCUT2D eigenvalue weighted by Gasteiger charge is 2.12. The van der Waals surface area contributed by atoms with Crippen LogP contribution in [0.5, 0.6) is 5.75 Å². The van der Waals surface area contributed by atoms with Crippen LogP contribution in [0.4, 0.5) is 0 Å². The summed E-state index contributed by atoms with van der Waals surface area (Å²) >= 11 is 1.50. The fourth-order valence-corrected chi connectivity index (χ4v) is 3.21. The molecule has 0 aliphatic rings. The lowest BCUT2D eigenvalue weighted by Gasteiger charge is -2.08. The summed E-state index contributed by atoms with van der Waals surface area (Å²) in [5.41, 5.74) is 1.55. The molecule has 0 unspecified atom stereocenters. The Kier molecular flexibility index (Phi) is 4.39. The van der Waals surface area contributed by atoms with E-state index >= 15 is 0 Å². The zero-order valence-electron chi connectivity index (χ0n) is 12.2. The first-order chi connectivity index (χ1) is 10.8. The number of methoxy groups -OCH3 is 1. The molecule has 3 aromatic rings. The third-order valence-corrected chi connectivity index (χ3v) is 4.41. The summed E-state index contributed by atoms with van der Waals surface area (Å²) < 4.78 is 5.25. The monoisotopic (exact) mass is 309 g/mol. The molecular weight excluding hydrogens is 294 g/mol. The number of hydrogen-bond acceptors (Lipinski definition) is 4. The Bertz CT molecular complexity index is 812. The largest absolute Gasteiger partial charge is 0.496 e. The molecule has 0 N–H and O–H groups in total. The van der Waals surface area contributed by atoms with Crippen molar-refractivity contribution in [2.75, 3.05) is 12.9 Å². The first-order valence-electron chi connectivity index (χ1n) is 6.92. The average molecular weight is 309 g/mol. The maximum atomic E-state index is 12.4. The number of pyridine rings is 1. The first-order valence-corrected chi connectivity index (χ1v) is 7.91. The van der Waals surface area contributed by atoms with E-state index in [1.54, 1.807) is 25.4 Å². The number of carbonyl (C=O) groups is 1. The summed E-state index contributed by atoms with van der Waals surface area (Å²) in [5.74, 6) is 1.02. The molecule has 0 aliphatic heterocycles. The zero-order chi connectivity index (χ0) is 15.4. The van der Waals surface area contributed by atoms with Gasteiger partial charge in [0.05, 0.1) is 23.9 Å². The Hall–Kier alpha value is -2.33. The maximum Gasteiger partial charge on any atom is 0.176 e. The maximum absolute atomic E-state index is 12.4. The third-order valence-electron chi connectivity index (χ3n) is 3.36. The first kappa shape index (κ1) is 14.6. The summed E-state index contributed by atoms with van der Waals surface area (Å²) in [5, 5.41) is 1.08. The van der Waals surface area contributed by atoms with Crippen molar-refractivity contribution in [2.45, 2.75) is 4.90 Å². The molecule has 0 fully saturated rings. The Balaban J connectivity index is 1.81. The van der Waals surface area contributed by atoms with Crippen molar-refractivity contribution in [1.29, 1.82) is 0 Å². The molecule has 0 saturated heterocycles. The SMILES string of the molecule is COc1ccccc1C(=O)CSc1cccc2cccnc12. The summed E-state index contributed by atoms with van der Waals surface area (Å²) in [6, 6.07) is 17.2. The van der Waals surface area contributed by atoms with Crippen molar-refractivity contribution in [3.05, 3.63) is 66.4 Å². The predicted octanol–water partition coefficient (Wildman–Crippen LogP) is 4.22. The topological polar surface area (TPSA) is 39.2 Å². The molecule has 0 atom stereocenters. The van der Waals surface area contributed by atoms with Crippen LogP contribution in [-0.2, 0) is 0 Å². The number of rotatable bonds is 5. The molecule has 0 amide bonds. The van der Waals surface area contributed by atoms with Crippen molar-refractivity contribution in [3.8, 4) is 5.75 Å². The zero-order valence-corrected chi connectivity index (χ0v) is 13.0. The standard InChI is InChI=1S/C18H15NO2S/c1-21-16-9-3-2-8-14(16)15(20)12-22-17-10-4-6-13-7-5-11-19-18(13)17/h2-11H,12H2,1H3. The molecule has 0 aliphatic carbocycles. The van der Waals surface area contributed by atoms with E-state index in [9.17, 15) is 4.79 Å². The van der Waals surface area contributed by atoms with Crippen LogP contribution in [0.15, 0.2) is 65.7 Å². The average Bonchev–Trinajstić information content (AvgIpc) is 2.59. The second-order valence-corrected chi connectivity index (χ2v) is 5.76. The van der Waals surface area contributed by atoms with Crippen LogP contribution >= 0.6 is 11.8 Å². The summed E-state index contributed by atoms with van der Waals surface area (Å²) in [6.07, 6.45) is 1.77. The van der Waals surface area contributed by atoms with Gasteiger partial charge in [0.1, 0.15) is 5.75 Å². The Morgan fingerprint density at radius 3 is 2.77 bits per heavy atom. The lowest BCUT2D eigenvalue weighted by Crippen LogP contribution is -2.04. The molecule has 0 radical (unpaired) electrons. The van der Waals surface area contributed by atoms with E-state index in [1.807, 2.05) is 42.5 Å². The molecule has 0 bridgehead atoms. The van der Waals surface area contributed by atoms with Crippen LogP contribution in [0.25, 0.3) is 10.9 Å². The van der Waals surface area contributed by atoms with Crippen molar-refractivity contribution in [2.24, 2.45) is 0 Å². The van der Waals surface area contributed by atoms with Crippen LogP contribution in [0.2, 0.25) is 0 Å². The van der Waals surface area contributed by atoms with Gasteiger partial charge in [0.15, 0.2) is 5.78 Å². The fourth-order valence-electron chi connectivity index (χ4n) is 2.29. The molecule has 2 aromatic carbocycles. The highest BCUT2D eigenvalue weighted by Crippen LogP contribution is 2.28. The van der Waals surface area contributed by atoms with Crippen molar-refractivity contribution < 1.29 is 9.53 Å². The third kappa shape index (κ3) is 2.97. The van der Waals surface area contributed by atoms with E-state index in [-0.39, 0.29) is 5.78 Å². The molecule has 22 heavy (non-hydrogen) atoms. The van der Waals surface area contributed by atoms with E-state index in [0.29, 0.717) is 17.1 Å². The lowest BCUT2D eigenvalue weighted by atomic mass is 10.1. The van der Waals surface area contributed by atoms with Crippen molar-refractivity contribution in [1.82, 2.24) is 4.98 Å². The van der Waals surface area contributed by atoms with Gasteiger partial charge in [-0.3, -0.25) is 9.78 Å². The van der Waals surface area contributed by atoms with Crippen LogP contribution in [0.1, 0.15) is 10.4 Å². The number of para-hydroxylation sites is 2. The molecule has 3 rings (SSSR count). The van der Waals surface area contributed by atoms with Gasteiger partial charge in [0.2, 0.25) is 0 Å². The van der Waals surface area contributed by atoms with E-state index in [2.05, 4.69) is 4.98 Å². The molecule has 0 saturated carbocycles. The van der Waals surface area contributed by atoms with Crippen LogP contribution in [-0.4, -0.2) is 23.6 Å². The second-order valence-electron chi connectivity index (χ2n) is 4.74. The van der Waals surface area contributed by atoms with Gasteiger partial charge >= 0.3 is 0 Å². The smallest absolute Gasteiger partial charge is 0.176 e. The van der Waals surface area contributed by atoms with Gasteiger partial charge in [-0.05, 0) is 24.3 Å². The van der Waals surface area contributed by atoms with Crippen molar-refractivity contribution >= 4 is 28.4 Å². The molecule has 1 heterocycles. The number of hydrogen-bond donors (Lipinski definition) is 0. The number of nitrogens with zero attached hydrogens (tertiary/aromatic N) is 1. The number of Topliss-reactive ketones (excluding diaryl/α,β-unsaturated/α-hetero) is 1. The van der Waals surface area contributed by atoms with Gasteiger partial charge in [-0.2, -0.15) is 0 Å². The Morgan fingerprint density at radius 1 is 1.09 bits per heavy atom. The number of ether oxygens (including phenoxy) is 1. The van der Waals surface area contributed by atoms with Crippen LogP contribution in [0, 0.1) is 0 Å². The predicted molar refractivity (Wildman–Crippen MR) is 89.8 cm³/mol. The van der Waals surface area contributed by atoms with E-state index in [4.69, 9.17) is 4.74 Å². The van der Waals surface area contributed by atoms with Gasteiger partial charge in [-0.15, -0.1) is 11.8 Å². The Morgan fingerprint density at radius 2 is 1.91 bits per heavy atom. The minimum Gasteiger partial charge on any atom is -0.496 e. The van der Waals surface area contributed by atoms with Gasteiger partial charge in [-0.25, -0.2) is 0 Å². The molecular formula is C18H15NO2S. The highest BCUT2D eigenvalue weighted by molar-refractivity contribution is 8.00. The second kappa shape index (κ2) is 6.62. The van der Waals surface area contributed by atoms with Crippen molar-refractivity contribution in [3.63, 3.8) is 0 Å². The number of ketones is 1. The van der Waals surface area contributed by atoms with Gasteiger partial charge in [-0.1, -0.05) is 30.3 Å². The van der Waals surface area contributed by atoms with Gasteiger partial charge in [0, 0.05) is 16.5 Å². The quantitative estimate of drug-likeness (QED) is 0.522. The molecule has 0 spiro atoms. The van der Waals surface area contributed by atoms with E-state index < -0.39 is 0 Å². The fraction of sp³-hybridized carbons (Fsp3) is 0.111. The highest BCUT2D eigenvalue weighted by atomic mass is 32.2. The van der Waals surface area contributed by atoms with Crippen LogP contribution < -0.4 is 4.74 Å². The molecule has 1 aromatic heterocycles. The normalized spacial score (nSPS) is 10.6. The minimum absolute atomic E-state index is 0.0513. The summed E-state index contributed by atoms with van der Waals surface area (Å²) in [4.78, 5) is 17.8. The number of benzene rings is 2.